The fraction of sp³-hybridized carbons (Fsp3) is 0.316. The second-order valence-corrected chi connectivity index (χ2v) is 8.46. The zero-order valence-electron chi connectivity index (χ0n) is 15.2. The van der Waals surface area contributed by atoms with Crippen LogP contribution in [0.1, 0.15) is 18.9 Å². The topological polar surface area (TPSA) is 66.5 Å². The van der Waals surface area contributed by atoms with Crippen molar-refractivity contribution in [3.63, 3.8) is 0 Å². The number of carbonyl (C=O) groups excluding carboxylic acids is 1. The largest absolute Gasteiger partial charge is 0.354 e. The Morgan fingerprint density at radius 1 is 1.19 bits per heavy atom. The van der Waals surface area contributed by atoms with E-state index in [2.05, 4.69) is 5.32 Å². The molecule has 0 unspecified atom stereocenters. The van der Waals surface area contributed by atoms with Crippen LogP contribution in [0.4, 0.5) is 10.1 Å². The van der Waals surface area contributed by atoms with E-state index in [1.807, 2.05) is 24.3 Å². The predicted octanol–water partition coefficient (Wildman–Crippen LogP) is 3.38. The van der Waals surface area contributed by atoms with Crippen LogP contribution in [0.2, 0.25) is 5.02 Å². The number of amides is 1. The molecule has 0 spiro atoms. The lowest BCUT2D eigenvalue weighted by Crippen LogP contribution is -2.48. The molecule has 0 radical (unpaired) electrons. The molecule has 8 heteroatoms. The lowest BCUT2D eigenvalue weighted by molar-refractivity contribution is -0.121. The van der Waals surface area contributed by atoms with Gasteiger partial charge in [0, 0.05) is 11.6 Å². The Morgan fingerprint density at radius 2 is 1.81 bits per heavy atom. The number of hydrogen-bond donors (Lipinski definition) is 1. The summed E-state index contributed by atoms with van der Waals surface area (Å²) < 4.78 is 38.4. The van der Waals surface area contributed by atoms with Gasteiger partial charge in [0.2, 0.25) is 15.9 Å². The molecular formula is C19H22ClFN2O3S. The lowest BCUT2D eigenvalue weighted by Gasteiger charge is -2.28. The maximum absolute atomic E-state index is 13.1. The quantitative estimate of drug-likeness (QED) is 0.676. The van der Waals surface area contributed by atoms with Crippen LogP contribution in [0.3, 0.4) is 0 Å². The molecule has 146 valence electrons. The third kappa shape index (κ3) is 5.94. The van der Waals surface area contributed by atoms with Crippen molar-refractivity contribution in [1.82, 2.24) is 5.32 Å². The van der Waals surface area contributed by atoms with E-state index in [4.69, 9.17) is 11.6 Å². The molecule has 0 aliphatic heterocycles. The Kier molecular flexibility index (Phi) is 7.21. The summed E-state index contributed by atoms with van der Waals surface area (Å²) in [6.07, 6.45) is 2.37. The SMILES string of the molecule is C[C@H](C(=O)NCCCc1ccccc1Cl)N(c1ccc(F)cc1)S(C)(=O)=O. The molecule has 0 aromatic heterocycles. The van der Waals surface area contributed by atoms with E-state index >= 15 is 0 Å². The van der Waals surface area contributed by atoms with Gasteiger partial charge in [0.15, 0.2) is 0 Å². The van der Waals surface area contributed by atoms with Crippen LogP contribution < -0.4 is 9.62 Å². The third-order valence-electron chi connectivity index (χ3n) is 4.05. The summed E-state index contributed by atoms with van der Waals surface area (Å²) in [7, 11) is -3.72. The molecule has 0 fully saturated rings. The number of sulfonamides is 1. The first kappa shape index (κ1) is 21.2. The normalized spacial score (nSPS) is 12.4. The van der Waals surface area contributed by atoms with Crippen LogP contribution in [0, 0.1) is 5.82 Å². The van der Waals surface area contributed by atoms with Crippen molar-refractivity contribution in [2.45, 2.75) is 25.8 Å². The molecule has 2 rings (SSSR count). The Morgan fingerprint density at radius 3 is 2.41 bits per heavy atom. The lowest BCUT2D eigenvalue weighted by atomic mass is 10.1. The van der Waals surface area contributed by atoms with Crippen molar-refractivity contribution in [3.05, 3.63) is 64.9 Å². The van der Waals surface area contributed by atoms with Gasteiger partial charge in [0.25, 0.3) is 0 Å². The zero-order chi connectivity index (χ0) is 20.0. The third-order valence-corrected chi connectivity index (χ3v) is 5.66. The van der Waals surface area contributed by atoms with Gasteiger partial charge >= 0.3 is 0 Å². The van der Waals surface area contributed by atoms with E-state index in [1.165, 1.54) is 19.1 Å². The number of halogens is 2. The highest BCUT2D eigenvalue weighted by Crippen LogP contribution is 2.21. The smallest absolute Gasteiger partial charge is 0.243 e. The Labute approximate surface area is 164 Å². The number of carbonyl (C=O) groups is 1. The summed E-state index contributed by atoms with van der Waals surface area (Å²) in [5, 5.41) is 3.42. The van der Waals surface area contributed by atoms with Crippen molar-refractivity contribution in [3.8, 4) is 0 Å². The fourth-order valence-corrected chi connectivity index (χ4v) is 4.14. The second-order valence-electron chi connectivity index (χ2n) is 6.20. The Balaban J connectivity index is 1.98. The molecule has 1 amide bonds. The summed E-state index contributed by atoms with van der Waals surface area (Å²) in [6.45, 7) is 1.88. The average Bonchev–Trinajstić information content (AvgIpc) is 2.60. The maximum atomic E-state index is 13.1. The number of nitrogens with zero attached hydrogens (tertiary/aromatic N) is 1. The first-order chi connectivity index (χ1) is 12.7. The van der Waals surface area contributed by atoms with Gasteiger partial charge in [-0.1, -0.05) is 29.8 Å². The van der Waals surface area contributed by atoms with Gasteiger partial charge in [-0.25, -0.2) is 12.8 Å². The molecule has 5 nitrogen and oxygen atoms in total. The monoisotopic (exact) mass is 412 g/mol. The number of aryl methyl sites for hydroxylation is 1. The van der Waals surface area contributed by atoms with Gasteiger partial charge in [-0.05, 0) is 55.7 Å². The molecular weight excluding hydrogens is 391 g/mol. The standard InChI is InChI=1S/C19H22ClFN2O3S/c1-14(23(27(2,25)26)17-11-9-16(21)10-12-17)19(24)22-13-5-7-15-6-3-4-8-18(15)20/h3-4,6,8-12,14H,5,7,13H2,1-2H3,(H,22,24)/t14-/m1/s1. The van der Waals surface area contributed by atoms with E-state index in [0.29, 0.717) is 24.4 Å². The fourth-order valence-electron chi connectivity index (χ4n) is 2.74. The summed E-state index contributed by atoms with van der Waals surface area (Å²) in [6, 6.07) is 11.5. The molecule has 2 aromatic carbocycles. The first-order valence-corrected chi connectivity index (χ1v) is 10.7. The predicted molar refractivity (Wildman–Crippen MR) is 106 cm³/mol. The highest BCUT2D eigenvalue weighted by molar-refractivity contribution is 7.92. The van der Waals surface area contributed by atoms with E-state index in [0.717, 1.165) is 28.3 Å². The first-order valence-electron chi connectivity index (χ1n) is 8.46. The van der Waals surface area contributed by atoms with E-state index in [1.54, 1.807) is 0 Å². The molecule has 1 atom stereocenters. The maximum Gasteiger partial charge on any atom is 0.243 e. The van der Waals surface area contributed by atoms with Crippen LogP contribution in [-0.4, -0.2) is 33.2 Å². The molecule has 0 heterocycles. The van der Waals surface area contributed by atoms with Gasteiger partial charge in [-0.2, -0.15) is 0 Å². The van der Waals surface area contributed by atoms with Gasteiger partial charge in [-0.15, -0.1) is 0 Å². The van der Waals surface area contributed by atoms with Crippen LogP contribution in [0.25, 0.3) is 0 Å². The number of benzene rings is 2. The van der Waals surface area contributed by atoms with Crippen molar-refractivity contribution in [2.24, 2.45) is 0 Å². The minimum absolute atomic E-state index is 0.234. The van der Waals surface area contributed by atoms with Crippen LogP contribution in [-0.2, 0) is 21.2 Å². The van der Waals surface area contributed by atoms with Crippen LogP contribution >= 0.6 is 11.6 Å². The summed E-state index contributed by atoms with van der Waals surface area (Å²) in [4.78, 5) is 12.4. The highest BCUT2D eigenvalue weighted by atomic mass is 35.5. The van der Waals surface area contributed by atoms with Crippen molar-refractivity contribution in [2.75, 3.05) is 17.1 Å². The van der Waals surface area contributed by atoms with Crippen LogP contribution in [0.5, 0.6) is 0 Å². The number of rotatable bonds is 8. The second kappa shape index (κ2) is 9.19. The molecule has 0 saturated heterocycles. The van der Waals surface area contributed by atoms with E-state index in [9.17, 15) is 17.6 Å². The number of nitrogens with one attached hydrogen (secondary N) is 1. The minimum atomic E-state index is -3.72. The Bertz CT molecular complexity index is 888. The molecule has 0 aliphatic rings. The Hall–Kier alpha value is -2.12. The van der Waals surface area contributed by atoms with Gasteiger partial charge < -0.3 is 5.32 Å². The van der Waals surface area contributed by atoms with Gasteiger partial charge in [-0.3, -0.25) is 9.10 Å². The average molecular weight is 413 g/mol. The highest BCUT2D eigenvalue weighted by Gasteiger charge is 2.28. The molecule has 0 aliphatic carbocycles. The van der Waals surface area contributed by atoms with Crippen molar-refractivity contribution in [1.29, 1.82) is 0 Å². The van der Waals surface area contributed by atoms with E-state index in [-0.39, 0.29) is 5.69 Å². The molecule has 0 bridgehead atoms. The summed E-state index contributed by atoms with van der Waals surface area (Å²) in [5.74, 6) is -0.909. The van der Waals surface area contributed by atoms with Crippen molar-refractivity contribution >= 4 is 33.2 Å². The van der Waals surface area contributed by atoms with Crippen molar-refractivity contribution < 1.29 is 17.6 Å². The summed E-state index contributed by atoms with van der Waals surface area (Å²) in [5.41, 5.74) is 1.23. The number of anilines is 1. The van der Waals surface area contributed by atoms with E-state index < -0.39 is 27.8 Å². The van der Waals surface area contributed by atoms with Gasteiger partial charge in [0.05, 0.1) is 11.9 Å². The minimum Gasteiger partial charge on any atom is -0.354 e. The van der Waals surface area contributed by atoms with Gasteiger partial charge in [0.1, 0.15) is 11.9 Å². The summed E-state index contributed by atoms with van der Waals surface area (Å²) >= 11 is 6.10. The molecule has 27 heavy (non-hydrogen) atoms. The molecule has 1 N–H and O–H groups in total. The number of hydrogen-bond acceptors (Lipinski definition) is 3. The molecule has 0 saturated carbocycles. The zero-order valence-corrected chi connectivity index (χ0v) is 16.7. The molecule has 2 aromatic rings. The van der Waals surface area contributed by atoms with Crippen LogP contribution in [0.15, 0.2) is 48.5 Å².